The van der Waals surface area contributed by atoms with Crippen LogP contribution in [0.5, 0.6) is 5.75 Å². The summed E-state index contributed by atoms with van der Waals surface area (Å²) >= 11 is 0. The number of nitrogens with one attached hydrogen (secondary N) is 2. The van der Waals surface area contributed by atoms with Crippen LogP contribution in [0.2, 0.25) is 0 Å². The summed E-state index contributed by atoms with van der Waals surface area (Å²) in [7, 11) is 0. The van der Waals surface area contributed by atoms with E-state index in [0.29, 0.717) is 17.2 Å². The highest BCUT2D eigenvalue weighted by Gasteiger charge is 2.30. The topological polar surface area (TPSA) is 79.4 Å². The van der Waals surface area contributed by atoms with Crippen LogP contribution in [0.15, 0.2) is 54.7 Å². The summed E-state index contributed by atoms with van der Waals surface area (Å²) in [6.07, 6.45) is -0.213. The lowest BCUT2D eigenvalue weighted by molar-refractivity contribution is -0.274. The fourth-order valence-corrected chi connectivity index (χ4v) is 3.26. The number of halogens is 3. The van der Waals surface area contributed by atoms with E-state index < -0.39 is 6.36 Å². The highest BCUT2D eigenvalue weighted by Crippen LogP contribution is 2.23. The van der Waals surface area contributed by atoms with Crippen LogP contribution >= 0.6 is 0 Å². The second-order valence-corrected chi connectivity index (χ2v) is 7.12. The fraction of sp³-hybridized carbons (Fsp3) is 0.227. The summed E-state index contributed by atoms with van der Waals surface area (Å²) in [5.74, 6) is -0.0127. The lowest BCUT2D eigenvalue weighted by Gasteiger charge is -2.27. The first-order valence-electron chi connectivity index (χ1n) is 9.93. The summed E-state index contributed by atoms with van der Waals surface area (Å²) in [5.41, 5.74) is 1.92. The SMILES string of the molecule is O=C(/C=C/c1ccc(OC(F)(F)F)cc1)Nc1ccc2nc(N3CCNCC3)ncc2c1. The molecule has 1 amide bonds. The van der Waals surface area contributed by atoms with Crippen molar-refractivity contribution in [2.24, 2.45) is 0 Å². The van der Waals surface area contributed by atoms with Gasteiger partial charge in [-0.3, -0.25) is 4.79 Å². The number of hydrogen-bond acceptors (Lipinski definition) is 6. The number of rotatable bonds is 5. The molecule has 0 radical (unpaired) electrons. The number of carbonyl (C=O) groups excluding carboxylic acids is 1. The Hall–Kier alpha value is -3.66. The zero-order valence-electron chi connectivity index (χ0n) is 16.9. The number of nitrogens with zero attached hydrogens (tertiary/aromatic N) is 3. The van der Waals surface area contributed by atoms with Crippen LogP contribution in [-0.4, -0.2) is 48.4 Å². The Bertz CT molecular complexity index is 1130. The average molecular weight is 443 g/mol. The summed E-state index contributed by atoms with van der Waals surface area (Å²) in [6, 6.07) is 10.6. The van der Waals surface area contributed by atoms with Gasteiger partial charge in [0.2, 0.25) is 11.9 Å². The molecule has 2 aromatic carbocycles. The van der Waals surface area contributed by atoms with Crippen LogP contribution in [-0.2, 0) is 4.79 Å². The predicted molar refractivity (Wildman–Crippen MR) is 115 cm³/mol. The standard InChI is InChI=1S/C22H20F3N5O2/c23-22(24,25)32-18-5-1-15(2-6-18)3-8-20(31)28-17-4-7-19-16(13-17)14-27-21(29-19)30-11-9-26-10-12-30/h1-8,13-14,26H,9-12H2,(H,28,31)/b8-3+. The molecule has 0 saturated carbocycles. The van der Waals surface area contributed by atoms with Crippen LogP contribution in [0, 0.1) is 0 Å². The number of anilines is 2. The molecule has 1 aliphatic heterocycles. The maximum atomic E-state index is 12.2. The molecule has 0 aliphatic carbocycles. The summed E-state index contributed by atoms with van der Waals surface area (Å²) in [6.45, 7) is 3.49. The molecule has 7 nitrogen and oxygen atoms in total. The molecule has 2 heterocycles. The average Bonchev–Trinajstić information content (AvgIpc) is 2.78. The number of hydrogen-bond donors (Lipinski definition) is 2. The number of amides is 1. The molecule has 3 aromatic rings. The molecule has 4 rings (SSSR count). The van der Waals surface area contributed by atoms with Gasteiger partial charge in [-0.05, 0) is 42.0 Å². The first kappa shape index (κ1) is 21.6. The lowest BCUT2D eigenvalue weighted by Crippen LogP contribution is -2.44. The predicted octanol–water partition coefficient (Wildman–Crippen LogP) is 3.59. The van der Waals surface area contributed by atoms with Gasteiger partial charge < -0.3 is 20.3 Å². The van der Waals surface area contributed by atoms with Crippen LogP contribution in [0.25, 0.3) is 17.0 Å². The number of benzene rings is 2. The van der Waals surface area contributed by atoms with Gasteiger partial charge in [-0.15, -0.1) is 13.2 Å². The zero-order chi connectivity index (χ0) is 22.6. The van der Waals surface area contributed by atoms with E-state index in [0.717, 1.165) is 37.1 Å². The molecule has 0 atom stereocenters. The fourth-order valence-electron chi connectivity index (χ4n) is 3.26. The van der Waals surface area contributed by atoms with E-state index in [-0.39, 0.29) is 11.7 Å². The number of piperazine rings is 1. The largest absolute Gasteiger partial charge is 0.573 e. The Labute approximate surface area is 181 Å². The van der Waals surface area contributed by atoms with E-state index in [1.54, 1.807) is 18.3 Å². The third-order valence-electron chi connectivity index (χ3n) is 4.78. The van der Waals surface area contributed by atoms with E-state index in [9.17, 15) is 18.0 Å². The van der Waals surface area contributed by atoms with E-state index in [2.05, 4.69) is 30.2 Å². The van der Waals surface area contributed by atoms with Crippen molar-refractivity contribution in [2.75, 3.05) is 36.4 Å². The van der Waals surface area contributed by atoms with Crippen LogP contribution in [0.4, 0.5) is 24.8 Å². The van der Waals surface area contributed by atoms with E-state index in [1.165, 1.54) is 36.4 Å². The number of aromatic nitrogens is 2. The van der Waals surface area contributed by atoms with Crippen molar-refractivity contribution in [3.05, 3.63) is 60.3 Å². The molecule has 1 aliphatic rings. The molecular formula is C22H20F3N5O2. The van der Waals surface area contributed by atoms with E-state index >= 15 is 0 Å². The van der Waals surface area contributed by atoms with Gasteiger partial charge in [0.05, 0.1) is 5.52 Å². The molecular weight excluding hydrogens is 423 g/mol. The third-order valence-corrected chi connectivity index (χ3v) is 4.78. The van der Waals surface area contributed by atoms with E-state index in [4.69, 9.17) is 0 Å². The van der Waals surface area contributed by atoms with Crippen molar-refractivity contribution in [3.63, 3.8) is 0 Å². The van der Waals surface area contributed by atoms with Gasteiger partial charge in [0.15, 0.2) is 0 Å². The van der Waals surface area contributed by atoms with Gasteiger partial charge in [-0.1, -0.05) is 12.1 Å². The minimum atomic E-state index is -4.74. The molecule has 0 unspecified atom stereocenters. The monoisotopic (exact) mass is 443 g/mol. The Morgan fingerprint density at radius 2 is 1.88 bits per heavy atom. The minimum absolute atomic E-state index is 0.322. The van der Waals surface area contributed by atoms with Crippen LogP contribution < -0.4 is 20.3 Å². The van der Waals surface area contributed by atoms with Crippen LogP contribution in [0.1, 0.15) is 5.56 Å². The van der Waals surface area contributed by atoms with Crippen LogP contribution in [0.3, 0.4) is 0 Å². The van der Waals surface area contributed by atoms with E-state index in [1.807, 2.05) is 6.07 Å². The molecule has 32 heavy (non-hydrogen) atoms. The zero-order valence-corrected chi connectivity index (χ0v) is 16.9. The smallest absolute Gasteiger partial charge is 0.406 e. The van der Waals surface area contributed by atoms with Crippen molar-refractivity contribution in [3.8, 4) is 5.75 Å². The second kappa shape index (κ2) is 9.23. The molecule has 1 aromatic heterocycles. The minimum Gasteiger partial charge on any atom is -0.406 e. The van der Waals surface area contributed by atoms with Crippen molar-refractivity contribution in [2.45, 2.75) is 6.36 Å². The quantitative estimate of drug-likeness (QED) is 0.587. The summed E-state index contributed by atoms with van der Waals surface area (Å²) in [4.78, 5) is 23.4. The number of ether oxygens (including phenoxy) is 1. The number of alkyl halides is 3. The second-order valence-electron chi connectivity index (χ2n) is 7.12. The van der Waals surface area contributed by atoms with Gasteiger partial charge in [0, 0.05) is 49.5 Å². The molecule has 10 heteroatoms. The Kier molecular flexibility index (Phi) is 6.22. The number of fused-ring (bicyclic) bond motifs is 1. The number of carbonyl (C=O) groups is 1. The molecule has 1 fully saturated rings. The maximum Gasteiger partial charge on any atom is 0.573 e. The van der Waals surface area contributed by atoms with Crippen molar-refractivity contribution in [1.82, 2.24) is 15.3 Å². The first-order chi connectivity index (χ1) is 15.4. The highest BCUT2D eigenvalue weighted by molar-refractivity contribution is 6.02. The van der Waals surface area contributed by atoms with Gasteiger partial charge >= 0.3 is 6.36 Å². The van der Waals surface area contributed by atoms with Gasteiger partial charge in [-0.25, -0.2) is 9.97 Å². The Balaban J connectivity index is 1.38. The van der Waals surface area contributed by atoms with Crippen molar-refractivity contribution < 1.29 is 22.7 Å². The Morgan fingerprint density at radius 3 is 2.59 bits per heavy atom. The third kappa shape index (κ3) is 5.73. The molecule has 166 valence electrons. The normalized spacial score (nSPS) is 14.7. The lowest BCUT2D eigenvalue weighted by atomic mass is 10.2. The summed E-state index contributed by atoms with van der Waals surface area (Å²) in [5, 5.41) is 6.84. The first-order valence-corrected chi connectivity index (χ1v) is 9.93. The molecule has 2 N–H and O–H groups in total. The van der Waals surface area contributed by atoms with Gasteiger partial charge in [0.1, 0.15) is 5.75 Å². The highest BCUT2D eigenvalue weighted by atomic mass is 19.4. The Morgan fingerprint density at radius 1 is 1.12 bits per heavy atom. The maximum absolute atomic E-state index is 12.2. The van der Waals surface area contributed by atoms with Gasteiger partial charge in [0.25, 0.3) is 0 Å². The van der Waals surface area contributed by atoms with Crippen molar-refractivity contribution >= 4 is 34.5 Å². The summed E-state index contributed by atoms with van der Waals surface area (Å²) < 4.78 is 40.4. The van der Waals surface area contributed by atoms with Crippen molar-refractivity contribution in [1.29, 1.82) is 0 Å². The molecule has 1 saturated heterocycles. The molecule has 0 bridgehead atoms. The molecule has 0 spiro atoms. The van der Waals surface area contributed by atoms with Gasteiger partial charge in [-0.2, -0.15) is 0 Å².